The van der Waals surface area contributed by atoms with Gasteiger partial charge < -0.3 is 10.1 Å². The number of pyridine rings is 1. The number of para-hydroxylation sites is 1. The second kappa shape index (κ2) is 2.62. The molecule has 0 radical (unpaired) electrons. The first kappa shape index (κ1) is 7.86. The summed E-state index contributed by atoms with van der Waals surface area (Å²) in [6, 6.07) is 6.99. The lowest BCUT2D eigenvalue weighted by Gasteiger charge is -2.09. The van der Waals surface area contributed by atoms with Crippen LogP contribution in [0, 0.1) is 6.92 Å². The van der Waals surface area contributed by atoms with E-state index in [1.54, 1.807) is 25.1 Å². The van der Waals surface area contributed by atoms with E-state index in [0.717, 1.165) is 0 Å². The number of aromatic nitrogens is 1. The van der Waals surface area contributed by atoms with Crippen molar-refractivity contribution in [3.05, 3.63) is 40.2 Å². The molecule has 2 rings (SSSR count). The van der Waals surface area contributed by atoms with E-state index in [2.05, 4.69) is 4.98 Å². The fourth-order valence-corrected chi connectivity index (χ4v) is 1.34. The molecule has 1 N–H and O–H groups in total. The Morgan fingerprint density at radius 3 is 2.77 bits per heavy atom. The molecule has 0 aliphatic heterocycles. The van der Waals surface area contributed by atoms with Crippen LogP contribution >= 0.6 is 0 Å². The monoisotopic (exact) mass is 174 g/mol. The van der Waals surface area contributed by atoms with Crippen molar-refractivity contribution in [2.24, 2.45) is 0 Å². The van der Waals surface area contributed by atoms with Crippen LogP contribution < -0.4 is 10.5 Å². The molecule has 3 nitrogen and oxygen atoms in total. The van der Waals surface area contributed by atoms with E-state index in [9.17, 15) is 9.90 Å². The van der Waals surface area contributed by atoms with Gasteiger partial charge in [0.05, 0.1) is 0 Å². The predicted molar refractivity (Wildman–Crippen MR) is 48.8 cm³/mol. The number of aromatic amines is 1. The minimum absolute atomic E-state index is 0.392. The third kappa shape index (κ3) is 1.09. The number of H-pyrrole nitrogens is 1. The molecule has 0 bridgehead atoms. The van der Waals surface area contributed by atoms with E-state index in [0.29, 0.717) is 16.6 Å². The van der Waals surface area contributed by atoms with Crippen molar-refractivity contribution >= 4 is 10.9 Å². The van der Waals surface area contributed by atoms with Crippen molar-refractivity contribution in [1.29, 1.82) is 0 Å². The maximum atomic E-state index is 11.4. The second-order valence-electron chi connectivity index (χ2n) is 2.95. The van der Waals surface area contributed by atoms with Gasteiger partial charge in [0, 0.05) is 16.6 Å². The molecule has 1 aromatic carbocycles. The Labute approximate surface area is 74.7 Å². The van der Waals surface area contributed by atoms with Crippen molar-refractivity contribution in [2.45, 2.75) is 6.92 Å². The van der Waals surface area contributed by atoms with Gasteiger partial charge in [0.2, 0.25) is 0 Å². The Hall–Kier alpha value is -1.77. The number of benzene rings is 1. The summed E-state index contributed by atoms with van der Waals surface area (Å²) in [5.41, 5.74) is 0.681. The lowest BCUT2D eigenvalue weighted by atomic mass is 10.2. The minimum atomic E-state index is -0.446. The fraction of sp³-hybridized carbons (Fsp3) is 0.100. The van der Waals surface area contributed by atoms with Gasteiger partial charge in [0.25, 0.3) is 0 Å². The van der Waals surface area contributed by atoms with Crippen LogP contribution in [0.5, 0.6) is 5.75 Å². The molecule has 0 aliphatic carbocycles. The Balaban J connectivity index is 3.03. The van der Waals surface area contributed by atoms with Crippen LogP contribution in [0.4, 0.5) is 0 Å². The summed E-state index contributed by atoms with van der Waals surface area (Å²) in [5.74, 6) is -0.446. The summed E-state index contributed by atoms with van der Waals surface area (Å²) >= 11 is 0. The average Bonchev–Trinajstić information content (AvgIpc) is 2.15. The molecule has 0 amide bonds. The summed E-state index contributed by atoms with van der Waals surface area (Å²) in [7, 11) is 0. The molecule has 0 unspecified atom stereocenters. The van der Waals surface area contributed by atoms with Crippen molar-refractivity contribution in [3.8, 4) is 5.75 Å². The van der Waals surface area contributed by atoms with Crippen LogP contribution in [-0.2, 0) is 0 Å². The van der Waals surface area contributed by atoms with Gasteiger partial charge in [-0.05, 0) is 24.8 Å². The van der Waals surface area contributed by atoms with E-state index < -0.39 is 11.2 Å². The fourth-order valence-electron chi connectivity index (χ4n) is 1.34. The van der Waals surface area contributed by atoms with E-state index in [-0.39, 0.29) is 0 Å². The lowest BCUT2D eigenvalue weighted by molar-refractivity contribution is -0.271. The van der Waals surface area contributed by atoms with E-state index >= 15 is 0 Å². The highest BCUT2D eigenvalue weighted by Gasteiger charge is 1.99. The first-order chi connectivity index (χ1) is 6.20. The Morgan fingerprint density at radius 1 is 1.31 bits per heavy atom. The predicted octanol–water partition coefficient (Wildman–Crippen LogP) is 0.910. The van der Waals surface area contributed by atoms with Crippen LogP contribution in [0.2, 0.25) is 0 Å². The summed E-state index contributed by atoms with van der Waals surface area (Å²) in [5, 5.41) is 11.7. The zero-order chi connectivity index (χ0) is 9.42. The van der Waals surface area contributed by atoms with E-state index in [4.69, 9.17) is 0 Å². The molecular weight excluding hydrogens is 166 g/mol. The third-order valence-corrected chi connectivity index (χ3v) is 2.04. The molecule has 0 fully saturated rings. The van der Waals surface area contributed by atoms with E-state index in [1.165, 1.54) is 0 Å². The second-order valence-corrected chi connectivity index (χ2v) is 2.95. The summed E-state index contributed by atoms with van der Waals surface area (Å²) < 4.78 is 0. The Kier molecular flexibility index (Phi) is 1.59. The topological polar surface area (TPSA) is 55.9 Å². The molecule has 13 heavy (non-hydrogen) atoms. The average molecular weight is 174 g/mol. The molecule has 3 heteroatoms. The first-order valence-corrected chi connectivity index (χ1v) is 3.99. The number of hydrogen-bond acceptors (Lipinski definition) is 2. The van der Waals surface area contributed by atoms with Gasteiger partial charge in [-0.3, -0.25) is 4.79 Å². The minimum Gasteiger partial charge on any atom is -0.869 e. The molecule has 66 valence electrons. The lowest BCUT2D eigenvalue weighted by Crippen LogP contribution is -2.13. The number of aryl methyl sites for hydroxylation is 1. The highest BCUT2D eigenvalue weighted by atomic mass is 16.3. The molecule has 0 atom stereocenters. The summed E-state index contributed by atoms with van der Waals surface area (Å²) in [6.45, 7) is 1.61. The number of nitrogens with one attached hydrogen (secondary N) is 1. The molecule has 0 saturated heterocycles. The zero-order valence-corrected chi connectivity index (χ0v) is 7.13. The standard InChI is InChI=1S/C10H9NO2/c1-6-9(12)10(13)7-4-2-3-5-8(7)11-6/h2-5,12H,1H3,(H,11,13)/p-1. The molecule has 0 spiro atoms. The van der Waals surface area contributed by atoms with Gasteiger partial charge in [0.15, 0.2) is 5.43 Å². The smallest absolute Gasteiger partial charge is 0.181 e. The van der Waals surface area contributed by atoms with E-state index in [1.807, 2.05) is 6.07 Å². The summed E-state index contributed by atoms with van der Waals surface area (Å²) in [4.78, 5) is 14.3. The quantitative estimate of drug-likeness (QED) is 0.645. The molecule has 2 aromatic rings. The van der Waals surface area contributed by atoms with Crippen molar-refractivity contribution in [2.75, 3.05) is 0 Å². The number of rotatable bonds is 0. The molecule has 0 aliphatic rings. The SMILES string of the molecule is Cc1[nH]c2ccccc2c(=O)c1[O-]. The highest BCUT2D eigenvalue weighted by Crippen LogP contribution is 2.11. The molecular formula is C10H8NO2-. The van der Waals surface area contributed by atoms with Crippen LogP contribution in [0.15, 0.2) is 29.1 Å². The summed E-state index contributed by atoms with van der Waals surface area (Å²) in [6.07, 6.45) is 0. The van der Waals surface area contributed by atoms with Crippen LogP contribution in [-0.4, -0.2) is 4.98 Å². The Bertz CT molecular complexity index is 514. The van der Waals surface area contributed by atoms with Gasteiger partial charge in [-0.2, -0.15) is 0 Å². The molecule has 1 aromatic heterocycles. The van der Waals surface area contributed by atoms with Crippen LogP contribution in [0.3, 0.4) is 0 Å². The maximum Gasteiger partial charge on any atom is 0.181 e. The molecule has 1 heterocycles. The van der Waals surface area contributed by atoms with Crippen LogP contribution in [0.1, 0.15) is 5.69 Å². The van der Waals surface area contributed by atoms with Gasteiger partial charge in [-0.25, -0.2) is 0 Å². The third-order valence-electron chi connectivity index (χ3n) is 2.04. The first-order valence-electron chi connectivity index (χ1n) is 3.99. The van der Waals surface area contributed by atoms with Gasteiger partial charge in [-0.1, -0.05) is 12.1 Å². The van der Waals surface area contributed by atoms with Crippen LogP contribution in [0.25, 0.3) is 10.9 Å². The number of hydrogen-bond donors (Lipinski definition) is 1. The maximum absolute atomic E-state index is 11.4. The Morgan fingerprint density at radius 2 is 2.00 bits per heavy atom. The van der Waals surface area contributed by atoms with Gasteiger partial charge >= 0.3 is 0 Å². The molecule has 0 saturated carbocycles. The number of fused-ring (bicyclic) bond motifs is 1. The van der Waals surface area contributed by atoms with Crippen molar-refractivity contribution in [1.82, 2.24) is 4.98 Å². The highest BCUT2D eigenvalue weighted by molar-refractivity contribution is 5.79. The van der Waals surface area contributed by atoms with Gasteiger partial charge in [0.1, 0.15) is 0 Å². The van der Waals surface area contributed by atoms with Crippen molar-refractivity contribution in [3.63, 3.8) is 0 Å². The largest absolute Gasteiger partial charge is 0.869 e. The van der Waals surface area contributed by atoms with Crippen molar-refractivity contribution < 1.29 is 5.11 Å². The normalized spacial score (nSPS) is 10.5. The van der Waals surface area contributed by atoms with Gasteiger partial charge in [-0.15, -0.1) is 0 Å². The zero-order valence-electron chi connectivity index (χ0n) is 7.13.